The van der Waals surface area contributed by atoms with Crippen molar-refractivity contribution in [2.75, 3.05) is 11.4 Å². The van der Waals surface area contributed by atoms with E-state index in [2.05, 4.69) is 32.9 Å². The minimum Gasteiger partial charge on any atom is -0.370 e. The van der Waals surface area contributed by atoms with E-state index in [0.717, 1.165) is 16.3 Å². The first-order chi connectivity index (χ1) is 11.3. The Morgan fingerprint density at radius 3 is 2.17 bits per heavy atom. The lowest BCUT2D eigenvalue weighted by molar-refractivity contribution is 0.590. The topological polar surface area (TPSA) is 53.1 Å². The Labute approximate surface area is 149 Å². The number of nitrogens with zero attached hydrogens (tertiary/aromatic N) is 1. The van der Waals surface area contributed by atoms with E-state index >= 15 is 0 Å². The molecule has 0 spiro atoms. The minimum absolute atomic E-state index is 0.0271. The summed E-state index contributed by atoms with van der Waals surface area (Å²) in [6.07, 6.45) is 3.98. The predicted molar refractivity (Wildman–Crippen MR) is 105 cm³/mol. The molecule has 126 valence electrons. The summed E-state index contributed by atoms with van der Waals surface area (Å²) in [5.74, 6) is 0.0271. The number of hydrogen-bond acceptors (Lipinski definition) is 1. The number of anilines is 1. The Morgan fingerprint density at radius 1 is 1.08 bits per heavy atom. The van der Waals surface area contributed by atoms with Crippen molar-refractivity contribution >= 4 is 29.3 Å². The van der Waals surface area contributed by atoms with Crippen molar-refractivity contribution in [3.05, 3.63) is 70.8 Å². The highest BCUT2D eigenvalue weighted by Crippen LogP contribution is 2.25. The zero-order chi connectivity index (χ0) is 17.7. The van der Waals surface area contributed by atoms with Gasteiger partial charge < -0.3 is 10.6 Å². The minimum atomic E-state index is 0.0271. The third kappa shape index (κ3) is 4.87. The maximum Gasteiger partial charge on any atom is 0.193 e. The molecule has 0 atom stereocenters. The fourth-order valence-electron chi connectivity index (χ4n) is 2.35. The molecule has 0 saturated carbocycles. The van der Waals surface area contributed by atoms with Crippen LogP contribution in [0.4, 0.5) is 5.69 Å². The molecular weight excluding hydrogens is 318 g/mol. The van der Waals surface area contributed by atoms with Gasteiger partial charge in [0.05, 0.1) is 0 Å². The third-order valence-corrected chi connectivity index (χ3v) is 4.06. The number of hydrogen-bond donors (Lipinski definition) is 2. The van der Waals surface area contributed by atoms with Crippen LogP contribution in [0.1, 0.15) is 31.9 Å². The van der Waals surface area contributed by atoms with E-state index < -0.39 is 0 Å². The van der Waals surface area contributed by atoms with Gasteiger partial charge in [-0.1, -0.05) is 68.8 Å². The first-order valence-electron chi connectivity index (χ1n) is 7.91. The Morgan fingerprint density at radius 2 is 1.67 bits per heavy atom. The standard InChI is InChI=1S/C20H24ClN3/c1-20(2,3)16-8-12-18(13-9-16)24(19(22)23)14-4-5-15-6-10-17(21)11-7-15/h4-13H,14H2,1-3H3,(H3,22,23). The summed E-state index contributed by atoms with van der Waals surface area (Å²) in [5.41, 5.74) is 9.09. The van der Waals surface area contributed by atoms with Crippen LogP contribution in [-0.2, 0) is 5.41 Å². The second-order valence-electron chi connectivity index (χ2n) is 6.75. The Kier molecular flexibility index (Phi) is 5.68. The van der Waals surface area contributed by atoms with Crippen molar-refractivity contribution in [3.8, 4) is 0 Å². The van der Waals surface area contributed by atoms with E-state index in [0.29, 0.717) is 6.54 Å². The molecule has 0 aromatic heterocycles. The highest BCUT2D eigenvalue weighted by molar-refractivity contribution is 6.30. The van der Waals surface area contributed by atoms with Gasteiger partial charge in [0.15, 0.2) is 5.96 Å². The van der Waals surface area contributed by atoms with Crippen LogP contribution in [0, 0.1) is 5.41 Å². The molecule has 0 saturated heterocycles. The summed E-state index contributed by atoms with van der Waals surface area (Å²) in [4.78, 5) is 1.76. The third-order valence-electron chi connectivity index (χ3n) is 3.80. The largest absolute Gasteiger partial charge is 0.370 e. The van der Waals surface area contributed by atoms with E-state index in [9.17, 15) is 0 Å². The fourth-order valence-corrected chi connectivity index (χ4v) is 2.48. The normalized spacial score (nSPS) is 11.7. The highest BCUT2D eigenvalue weighted by Gasteiger charge is 2.14. The molecule has 0 heterocycles. The lowest BCUT2D eigenvalue weighted by atomic mass is 9.87. The van der Waals surface area contributed by atoms with Crippen molar-refractivity contribution in [1.29, 1.82) is 5.41 Å². The van der Waals surface area contributed by atoms with Crippen LogP contribution in [-0.4, -0.2) is 12.5 Å². The van der Waals surface area contributed by atoms with Crippen molar-refractivity contribution in [2.24, 2.45) is 5.73 Å². The number of halogens is 1. The fraction of sp³-hybridized carbons (Fsp3) is 0.250. The SMILES string of the molecule is CC(C)(C)c1ccc(N(CC=Cc2ccc(Cl)cc2)C(=N)N)cc1. The van der Waals surface area contributed by atoms with Gasteiger partial charge in [-0.25, -0.2) is 0 Å². The van der Waals surface area contributed by atoms with Gasteiger partial charge >= 0.3 is 0 Å². The van der Waals surface area contributed by atoms with E-state index in [1.165, 1.54) is 5.56 Å². The predicted octanol–water partition coefficient (Wildman–Crippen LogP) is 5.05. The molecule has 0 unspecified atom stereocenters. The van der Waals surface area contributed by atoms with Gasteiger partial charge in [0.2, 0.25) is 0 Å². The lowest BCUT2D eigenvalue weighted by Crippen LogP contribution is -2.36. The van der Waals surface area contributed by atoms with Crippen molar-refractivity contribution in [3.63, 3.8) is 0 Å². The van der Waals surface area contributed by atoms with E-state index in [4.69, 9.17) is 22.7 Å². The molecule has 2 aromatic rings. The van der Waals surface area contributed by atoms with Gasteiger partial charge in [-0.2, -0.15) is 0 Å². The van der Waals surface area contributed by atoms with Crippen LogP contribution in [0.3, 0.4) is 0 Å². The molecule has 3 nitrogen and oxygen atoms in total. The van der Waals surface area contributed by atoms with Gasteiger partial charge in [-0.3, -0.25) is 5.41 Å². The van der Waals surface area contributed by atoms with Gasteiger partial charge in [-0.15, -0.1) is 0 Å². The second kappa shape index (κ2) is 7.54. The number of guanidine groups is 1. The zero-order valence-electron chi connectivity index (χ0n) is 14.4. The van der Waals surface area contributed by atoms with E-state index in [1.807, 2.05) is 48.6 Å². The molecular formula is C20H24ClN3. The van der Waals surface area contributed by atoms with Gasteiger partial charge in [-0.05, 0) is 40.8 Å². The molecule has 0 bridgehead atoms. The summed E-state index contributed by atoms with van der Waals surface area (Å²) >= 11 is 5.89. The van der Waals surface area contributed by atoms with Crippen molar-refractivity contribution in [1.82, 2.24) is 0 Å². The molecule has 2 aromatic carbocycles. The van der Waals surface area contributed by atoms with Crippen LogP contribution < -0.4 is 10.6 Å². The van der Waals surface area contributed by atoms with E-state index in [-0.39, 0.29) is 11.4 Å². The molecule has 0 radical (unpaired) electrons. The van der Waals surface area contributed by atoms with Crippen molar-refractivity contribution < 1.29 is 0 Å². The molecule has 0 aliphatic carbocycles. The zero-order valence-corrected chi connectivity index (χ0v) is 15.1. The Bertz CT molecular complexity index is 710. The van der Waals surface area contributed by atoms with Crippen LogP contribution >= 0.6 is 11.6 Å². The van der Waals surface area contributed by atoms with Crippen LogP contribution in [0.25, 0.3) is 6.08 Å². The number of benzene rings is 2. The Hall–Kier alpha value is -2.26. The summed E-state index contributed by atoms with van der Waals surface area (Å²) in [7, 11) is 0. The van der Waals surface area contributed by atoms with Crippen LogP contribution in [0.15, 0.2) is 54.6 Å². The van der Waals surface area contributed by atoms with E-state index in [1.54, 1.807) is 4.90 Å². The summed E-state index contributed by atoms with van der Waals surface area (Å²) in [5, 5.41) is 8.55. The molecule has 3 N–H and O–H groups in total. The first kappa shape index (κ1) is 18.1. The smallest absolute Gasteiger partial charge is 0.193 e. The lowest BCUT2D eigenvalue weighted by Gasteiger charge is -2.24. The Balaban J connectivity index is 2.12. The van der Waals surface area contributed by atoms with Gasteiger partial charge in [0, 0.05) is 17.3 Å². The highest BCUT2D eigenvalue weighted by atomic mass is 35.5. The summed E-state index contributed by atoms with van der Waals surface area (Å²) in [6, 6.07) is 15.8. The van der Waals surface area contributed by atoms with Crippen LogP contribution in [0.2, 0.25) is 5.02 Å². The first-order valence-corrected chi connectivity index (χ1v) is 8.29. The molecule has 24 heavy (non-hydrogen) atoms. The monoisotopic (exact) mass is 341 g/mol. The van der Waals surface area contributed by atoms with Crippen LogP contribution in [0.5, 0.6) is 0 Å². The average Bonchev–Trinajstić information content (AvgIpc) is 2.52. The molecule has 4 heteroatoms. The molecule has 0 aliphatic heterocycles. The molecule has 0 aliphatic rings. The summed E-state index contributed by atoms with van der Waals surface area (Å²) < 4.78 is 0. The maximum atomic E-state index is 7.83. The summed E-state index contributed by atoms with van der Waals surface area (Å²) in [6.45, 7) is 7.08. The number of nitrogens with two attached hydrogens (primary N) is 1. The molecule has 0 amide bonds. The second-order valence-corrected chi connectivity index (χ2v) is 7.18. The number of rotatable bonds is 4. The molecule has 2 rings (SSSR count). The average molecular weight is 342 g/mol. The maximum absolute atomic E-state index is 7.83. The van der Waals surface area contributed by atoms with Gasteiger partial charge in [0.1, 0.15) is 0 Å². The molecule has 0 fully saturated rings. The van der Waals surface area contributed by atoms with Crippen molar-refractivity contribution in [2.45, 2.75) is 26.2 Å². The van der Waals surface area contributed by atoms with Gasteiger partial charge in [0.25, 0.3) is 0 Å². The number of nitrogens with one attached hydrogen (secondary N) is 1. The quantitative estimate of drug-likeness (QED) is 0.604.